The molecule has 2 aromatic rings. The van der Waals surface area contributed by atoms with Crippen LogP contribution in [0.2, 0.25) is 0 Å². The van der Waals surface area contributed by atoms with E-state index < -0.39 is 75.3 Å². The number of hydrogen-bond donors (Lipinski definition) is 9. The smallest absolute Gasteiger partial charge is 0.427 e. The number of aromatic nitrogens is 1. The first-order valence-electron chi connectivity index (χ1n) is 15.7. The minimum absolute atomic E-state index is 0.00784. The van der Waals surface area contributed by atoms with E-state index >= 15 is 0 Å². The maximum absolute atomic E-state index is 13.6. The van der Waals surface area contributed by atoms with Crippen LogP contribution in [0.3, 0.4) is 0 Å². The minimum Gasteiger partial charge on any atom is -0.504 e. The number of carbonyl (C=O) groups excluding carboxylic acids is 4. The SMILES string of the molecule is CC(C)(ON=C(C(=O)NC1C(=O)N2CC(CSC3=CC=NC4=CN(C(=O)O)NN43)(C(=O)O)CS[C@H]12)c1csc(N)n1)C(=O)NNC(=O)c1ccc(O)c(O)c1. The Kier molecular flexibility index (Phi) is 10.5. The molecule has 0 aliphatic carbocycles. The molecule has 55 heavy (non-hydrogen) atoms. The van der Waals surface area contributed by atoms with Gasteiger partial charge in [-0.2, -0.15) is 5.01 Å². The summed E-state index contributed by atoms with van der Waals surface area (Å²) in [5.41, 5.74) is 8.93. The molecule has 0 bridgehead atoms. The van der Waals surface area contributed by atoms with Crippen LogP contribution in [0.5, 0.6) is 11.5 Å². The molecular formula is C30H31N11O11S3. The van der Waals surface area contributed by atoms with Crippen molar-refractivity contribution in [3.8, 4) is 11.5 Å². The number of amides is 5. The monoisotopic (exact) mass is 817 g/mol. The van der Waals surface area contributed by atoms with Crippen LogP contribution in [0, 0.1) is 5.41 Å². The van der Waals surface area contributed by atoms with E-state index in [9.17, 15) is 49.2 Å². The Morgan fingerprint density at radius 2 is 1.95 bits per heavy atom. The van der Waals surface area contributed by atoms with Crippen LogP contribution in [0.1, 0.15) is 29.9 Å². The van der Waals surface area contributed by atoms with Gasteiger partial charge in [-0.3, -0.25) is 34.8 Å². The molecule has 0 radical (unpaired) electrons. The van der Waals surface area contributed by atoms with E-state index in [1.807, 2.05) is 0 Å². The fourth-order valence-electron chi connectivity index (χ4n) is 5.21. The van der Waals surface area contributed by atoms with Crippen molar-refractivity contribution in [2.24, 2.45) is 15.6 Å². The van der Waals surface area contributed by atoms with E-state index in [4.69, 9.17) is 10.6 Å². The maximum atomic E-state index is 13.6. The van der Waals surface area contributed by atoms with Crippen molar-refractivity contribution in [2.75, 3.05) is 23.8 Å². The third-order valence-electron chi connectivity index (χ3n) is 8.33. The molecule has 0 spiro atoms. The van der Waals surface area contributed by atoms with Crippen LogP contribution < -0.4 is 27.4 Å². The number of nitrogens with two attached hydrogens (primary N) is 1. The van der Waals surface area contributed by atoms with Gasteiger partial charge in [-0.05, 0) is 38.1 Å². The van der Waals surface area contributed by atoms with Crippen molar-refractivity contribution in [3.05, 3.63) is 58.0 Å². The number of aromatic hydroxyl groups is 2. The highest BCUT2D eigenvalue weighted by atomic mass is 32.2. The topological polar surface area (TPSA) is 314 Å². The summed E-state index contributed by atoms with van der Waals surface area (Å²) in [5.74, 6) is -4.99. The van der Waals surface area contributed by atoms with Crippen molar-refractivity contribution in [2.45, 2.75) is 30.9 Å². The van der Waals surface area contributed by atoms with Gasteiger partial charge >= 0.3 is 12.1 Å². The van der Waals surface area contributed by atoms with Gasteiger partial charge in [-0.15, -0.1) is 40.4 Å². The van der Waals surface area contributed by atoms with Crippen LogP contribution in [-0.4, -0.2) is 123 Å². The van der Waals surface area contributed by atoms with E-state index in [-0.39, 0.29) is 40.3 Å². The van der Waals surface area contributed by atoms with E-state index in [0.29, 0.717) is 5.03 Å². The Morgan fingerprint density at radius 3 is 2.62 bits per heavy atom. The molecule has 5 heterocycles. The van der Waals surface area contributed by atoms with Gasteiger partial charge in [-0.25, -0.2) is 19.8 Å². The summed E-state index contributed by atoms with van der Waals surface area (Å²) in [6, 6.07) is 2.19. The number of carboxylic acid groups (broad SMARTS) is 2. The van der Waals surface area contributed by atoms with Crippen molar-refractivity contribution >= 4 is 87.6 Å². The van der Waals surface area contributed by atoms with Crippen LogP contribution in [-0.2, 0) is 24.0 Å². The summed E-state index contributed by atoms with van der Waals surface area (Å²) in [6.07, 6.45) is 3.03. The standard InChI is InChI=1S/C30H31N11O11S3/c1-29(2,25(47)36-35-21(44)13-3-4-15(42)16(43)7-13)52-37-19(14-9-53-27(31)33-14)22(45)34-20-23(46)39-10-30(26(48)49,12-55-24(20)39)11-54-18-5-6-32-17-8-40(28(50)51)38-41(17)18/h3-9,20,24,38,42-43H,10-12H2,1-2H3,(H2,31,33)(H,34,45)(H,35,44)(H,36,47)(H,48,49)(H,50,51)/t20?,24-,30?/m1/s1. The lowest BCUT2D eigenvalue weighted by molar-refractivity contribution is -0.157. The Labute approximate surface area is 322 Å². The molecule has 1 aromatic carbocycles. The number of aliphatic imine (C=N–C) groups is 1. The molecule has 5 amide bonds. The number of anilines is 1. The zero-order valence-electron chi connectivity index (χ0n) is 28.4. The van der Waals surface area contributed by atoms with Gasteiger partial charge in [0.1, 0.15) is 22.5 Å². The Hall–Kier alpha value is -6.05. The van der Waals surface area contributed by atoms with Gasteiger partial charge in [0.25, 0.3) is 17.7 Å². The minimum atomic E-state index is -1.81. The maximum Gasteiger partial charge on any atom is 0.427 e. The predicted molar refractivity (Wildman–Crippen MR) is 196 cm³/mol. The lowest BCUT2D eigenvalue weighted by Gasteiger charge is -2.53. The number of β-lactam (4-membered cyclic amide) rings is 1. The summed E-state index contributed by atoms with van der Waals surface area (Å²) in [4.78, 5) is 91.4. The number of thioether (sulfide) groups is 2. The number of carboxylic acids is 1. The predicted octanol–water partition coefficient (Wildman–Crippen LogP) is -0.259. The number of carbonyl (C=O) groups is 6. The molecule has 290 valence electrons. The summed E-state index contributed by atoms with van der Waals surface area (Å²) in [5, 5.41) is 48.8. The Morgan fingerprint density at radius 1 is 1.18 bits per heavy atom. The number of hydrogen-bond acceptors (Lipinski definition) is 18. The second kappa shape index (κ2) is 15.0. The number of phenolic OH excluding ortho intramolecular Hbond substituents is 2. The van der Waals surface area contributed by atoms with Gasteiger partial charge < -0.3 is 41.2 Å². The highest BCUT2D eigenvalue weighted by molar-refractivity contribution is 8.03. The van der Waals surface area contributed by atoms with Gasteiger partial charge in [0.2, 0.25) is 11.5 Å². The molecule has 25 heteroatoms. The van der Waals surface area contributed by atoms with E-state index in [1.54, 1.807) is 6.08 Å². The summed E-state index contributed by atoms with van der Waals surface area (Å²) >= 11 is 3.28. The van der Waals surface area contributed by atoms with E-state index in [1.165, 1.54) is 47.6 Å². The molecular weight excluding hydrogens is 787 g/mol. The van der Waals surface area contributed by atoms with Gasteiger partial charge in [0.05, 0.1) is 11.2 Å². The number of nitrogens with zero attached hydrogens (tertiary/aromatic N) is 6. The highest BCUT2D eigenvalue weighted by Crippen LogP contribution is 2.45. The summed E-state index contributed by atoms with van der Waals surface area (Å²) < 4.78 is 0. The van der Waals surface area contributed by atoms with Gasteiger partial charge in [-0.1, -0.05) is 5.16 Å². The lowest BCUT2D eigenvalue weighted by atomic mass is 9.89. The second-order valence-corrected chi connectivity index (χ2v) is 15.6. The lowest BCUT2D eigenvalue weighted by Crippen LogP contribution is -2.74. The number of rotatable bonds is 11. The van der Waals surface area contributed by atoms with Crippen molar-refractivity contribution in [1.82, 2.24) is 41.6 Å². The molecule has 2 fully saturated rings. The number of allylic oxidation sites excluding steroid dienone is 1. The number of fused-ring (bicyclic) bond motifs is 2. The number of aliphatic carboxylic acids is 1. The fraction of sp³-hybridized carbons (Fsp3) is 0.300. The first-order valence-corrected chi connectivity index (χ1v) is 18.7. The summed E-state index contributed by atoms with van der Waals surface area (Å²) in [7, 11) is 0. The Balaban J connectivity index is 1.09. The molecule has 2 unspecified atom stereocenters. The van der Waals surface area contributed by atoms with Gasteiger partial charge in [0.15, 0.2) is 28.2 Å². The first-order chi connectivity index (χ1) is 26.0. The molecule has 22 nitrogen and oxygen atoms in total. The molecule has 3 atom stereocenters. The molecule has 10 N–H and O–H groups in total. The van der Waals surface area contributed by atoms with Crippen molar-refractivity contribution in [3.63, 3.8) is 0 Å². The van der Waals surface area contributed by atoms with Crippen LogP contribution in [0.15, 0.2) is 56.9 Å². The third kappa shape index (κ3) is 7.80. The molecule has 4 aliphatic heterocycles. The molecule has 1 aromatic heterocycles. The third-order valence-corrected chi connectivity index (χ3v) is 11.9. The zero-order valence-corrected chi connectivity index (χ0v) is 30.9. The quantitative estimate of drug-likeness (QED) is 0.0611. The number of thiazole rings is 1. The second-order valence-electron chi connectivity index (χ2n) is 12.6. The number of phenols is 2. The average Bonchev–Trinajstić information content (AvgIpc) is 3.79. The number of oxime groups is 1. The normalized spacial score (nSPS) is 21.7. The molecule has 2 saturated heterocycles. The van der Waals surface area contributed by atoms with Crippen LogP contribution in [0.4, 0.5) is 9.93 Å². The van der Waals surface area contributed by atoms with Gasteiger partial charge in [0, 0.05) is 35.2 Å². The average molecular weight is 818 g/mol. The first kappa shape index (κ1) is 38.7. The van der Waals surface area contributed by atoms with Crippen LogP contribution in [0.25, 0.3) is 0 Å². The number of hydrazine groups is 3. The number of nitrogen functional groups attached to an aromatic ring is 1. The Bertz CT molecular complexity index is 2110. The molecule has 0 saturated carbocycles. The van der Waals surface area contributed by atoms with Crippen molar-refractivity contribution < 1.29 is 54.0 Å². The summed E-state index contributed by atoms with van der Waals surface area (Å²) in [6.45, 7) is 2.40. The van der Waals surface area contributed by atoms with E-state index in [0.717, 1.165) is 52.0 Å². The molecule has 6 rings (SSSR count). The van der Waals surface area contributed by atoms with Crippen LogP contribution >= 0.6 is 34.9 Å². The van der Waals surface area contributed by atoms with Crippen molar-refractivity contribution in [1.29, 1.82) is 0 Å². The highest BCUT2D eigenvalue weighted by Gasteiger charge is 2.58. The zero-order chi connectivity index (χ0) is 39.8. The number of nitrogens with one attached hydrogen (secondary N) is 4. The van der Waals surface area contributed by atoms with E-state index in [2.05, 4.69) is 36.8 Å². The molecule has 4 aliphatic rings. The number of benzene rings is 1. The largest absolute Gasteiger partial charge is 0.504 e. The fourth-order valence-corrected chi connectivity index (χ4v) is 8.59.